The first-order chi connectivity index (χ1) is 26.5. The summed E-state index contributed by atoms with van der Waals surface area (Å²) >= 11 is 12.5. The minimum Gasteiger partial charge on any atom is -0.508 e. The maximum atomic E-state index is 15.2. The number of nitrogens with one attached hydrogen (secondary N) is 1. The molecule has 17 heteroatoms. The Labute approximate surface area is 324 Å². The van der Waals surface area contributed by atoms with Gasteiger partial charge in [-0.15, -0.1) is 0 Å². The summed E-state index contributed by atoms with van der Waals surface area (Å²) in [4.78, 5) is 74.6. The van der Waals surface area contributed by atoms with Crippen molar-refractivity contribution in [3.8, 4) is 11.5 Å². The molecule has 0 spiro atoms. The predicted octanol–water partition coefficient (Wildman–Crippen LogP) is 6.71. The number of hydrazine groups is 1. The number of fused-ring (bicyclic) bond motifs is 4. The normalized spacial score (nSPS) is 25.8. The number of aromatic hydroxyl groups is 2. The molecule has 6 atom stereocenters. The zero-order chi connectivity index (χ0) is 40.0. The Morgan fingerprint density at radius 2 is 1.59 bits per heavy atom. The Hall–Kier alpha value is -5.93. The van der Waals surface area contributed by atoms with Crippen molar-refractivity contribution in [2.45, 2.75) is 30.4 Å². The van der Waals surface area contributed by atoms with E-state index in [9.17, 15) is 47.7 Å². The van der Waals surface area contributed by atoms with Crippen LogP contribution >= 0.6 is 23.2 Å². The number of hydrogen-bond donors (Lipinski definition) is 4. The lowest BCUT2D eigenvalue weighted by atomic mass is 9.49. The van der Waals surface area contributed by atoms with E-state index in [1.807, 2.05) is 0 Å². The number of anilines is 2. The molecule has 6 unspecified atom stereocenters. The van der Waals surface area contributed by atoms with Crippen molar-refractivity contribution in [2.24, 2.45) is 23.7 Å². The first-order valence-electron chi connectivity index (χ1n) is 17.1. The Kier molecular flexibility index (Phi) is 8.65. The second-order valence-corrected chi connectivity index (χ2v) is 14.9. The van der Waals surface area contributed by atoms with E-state index in [1.165, 1.54) is 30.3 Å². The van der Waals surface area contributed by atoms with E-state index in [-0.39, 0.29) is 24.3 Å². The van der Waals surface area contributed by atoms with Crippen LogP contribution in [0, 0.1) is 23.7 Å². The van der Waals surface area contributed by atoms with Gasteiger partial charge in [0.2, 0.25) is 11.8 Å². The van der Waals surface area contributed by atoms with Gasteiger partial charge in [-0.05, 0) is 72.4 Å². The van der Waals surface area contributed by atoms with Gasteiger partial charge in [0.1, 0.15) is 17.1 Å². The number of aromatic nitrogens is 1. The fourth-order valence-electron chi connectivity index (χ4n) is 8.92. The first-order valence-corrected chi connectivity index (χ1v) is 17.9. The molecule has 8 rings (SSSR count). The van der Waals surface area contributed by atoms with E-state index in [0.29, 0.717) is 39.0 Å². The quantitative estimate of drug-likeness (QED) is 0.121. The summed E-state index contributed by atoms with van der Waals surface area (Å²) in [6, 6.07) is 16.1. The van der Waals surface area contributed by atoms with Gasteiger partial charge in [0.05, 0.1) is 39.4 Å². The minimum absolute atomic E-state index is 0.0435. The monoisotopic (exact) mass is 806 g/mol. The van der Waals surface area contributed by atoms with Gasteiger partial charge in [-0.1, -0.05) is 59.1 Å². The number of rotatable bonds is 6. The lowest BCUT2D eigenvalue weighted by Crippen LogP contribution is -2.53. The summed E-state index contributed by atoms with van der Waals surface area (Å²) in [5.41, 5.74) is 0.518. The van der Waals surface area contributed by atoms with E-state index in [2.05, 4.69) is 10.4 Å². The molecule has 2 aliphatic carbocycles. The Morgan fingerprint density at radius 3 is 2.21 bits per heavy atom. The molecule has 3 heterocycles. The third-order valence-corrected chi connectivity index (χ3v) is 11.8. The Balaban J connectivity index is 1.28. The number of aromatic carboxylic acids is 1. The van der Waals surface area contributed by atoms with Gasteiger partial charge in [-0.25, -0.2) is 14.7 Å². The summed E-state index contributed by atoms with van der Waals surface area (Å²) in [6.07, 6.45) is -2.60. The van der Waals surface area contributed by atoms with E-state index >= 15 is 4.79 Å². The van der Waals surface area contributed by atoms with Crippen LogP contribution in [0.3, 0.4) is 0 Å². The van der Waals surface area contributed by atoms with Crippen LogP contribution in [0.2, 0.25) is 10.0 Å². The molecule has 4 aliphatic rings. The number of hydrogen-bond acceptors (Lipinski definition) is 9. The number of carboxylic acids is 1. The van der Waals surface area contributed by atoms with Crippen molar-refractivity contribution in [2.75, 3.05) is 10.3 Å². The summed E-state index contributed by atoms with van der Waals surface area (Å²) in [5, 5.41) is 30.6. The highest BCUT2D eigenvalue weighted by molar-refractivity contribution is 6.33. The van der Waals surface area contributed by atoms with Crippen molar-refractivity contribution < 1.29 is 52.5 Å². The number of phenols is 2. The third-order valence-electron chi connectivity index (χ3n) is 11.3. The van der Waals surface area contributed by atoms with Crippen molar-refractivity contribution in [1.29, 1.82) is 0 Å². The summed E-state index contributed by atoms with van der Waals surface area (Å²) in [6.45, 7) is 0. The molecule has 56 heavy (non-hydrogen) atoms. The molecule has 4 aromatic rings. The average molecular weight is 808 g/mol. The number of carbonyl (C=O) groups is 5. The number of allylic oxidation sites excluding steroid dienone is 2. The molecule has 12 nitrogen and oxygen atoms in total. The number of alkyl halides is 3. The fourth-order valence-corrected chi connectivity index (χ4v) is 9.25. The van der Waals surface area contributed by atoms with Crippen LogP contribution in [0.15, 0.2) is 90.6 Å². The van der Waals surface area contributed by atoms with Gasteiger partial charge in [0, 0.05) is 23.2 Å². The lowest BCUT2D eigenvalue weighted by molar-refractivity contribution is -0.139. The maximum Gasteiger partial charge on any atom is 0.417 e. The third kappa shape index (κ3) is 5.51. The molecule has 0 bridgehead atoms. The van der Waals surface area contributed by atoms with Gasteiger partial charge in [-0.2, -0.15) is 18.2 Å². The molecule has 2 aliphatic heterocycles. The van der Waals surface area contributed by atoms with Gasteiger partial charge >= 0.3 is 12.1 Å². The summed E-state index contributed by atoms with van der Waals surface area (Å²) < 4.78 is 40.4. The van der Waals surface area contributed by atoms with E-state index in [0.717, 1.165) is 17.0 Å². The molecular weight excluding hydrogens is 780 g/mol. The molecule has 4 amide bonds. The molecule has 286 valence electrons. The van der Waals surface area contributed by atoms with E-state index in [1.54, 1.807) is 30.3 Å². The highest BCUT2D eigenvalue weighted by Gasteiger charge is 2.70. The standard InChI is InChI=1S/C39H27Cl2F3N4O8/c40-20-5-3-18(4-6-20)38-27(34(52)48(37(38)56)46-32-28(41)13-19(16-45-32)39(42,43)44)15-26-23(31(38)17-1-8-22(49)9-2-17)11-12-25-30(26)35(53)47(33(25)51)21-7-10-24(36(54)55)29(50)14-21/h1-11,13-14,16,25-27,30-31,49-50H,12,15H2,(H,45,46)(H,54,55). The average Bonchev–Trinajstić information content (AvgIpc) is 3.53. The zero-order valence-electron chi connectivity index (χ0n) is 28.5. The van der Waals surface area contributed by atoms with Gasteiger partial charge in [0.15, 0.2) is 5.82 Å². The van der Waals surface area contributed by atoms with Crippen LogP contribution in [0.1, 0.15) is 45.8 Å². The molecule has 2 saturated heterocycles. The van der Waals surface area contributed by atoms with Gasteiger partial charge < -0.3 is 15.3 Å². The van der Waals surface area contributed by atoms with E-state index < -0.39 is 98.5 Å². The molecule has 4 N–H and O–H groups in total. The fraction of sp³-hybridized carbons (Fsp3) is 0.231. The van der Waals surface area contributed by atoms with Crippen molar-refractivity contribution in [3.05, 3.63) is 123 Å². The van der Waals surface area contributed by atoms with Gasteiger partial charge in [0.25, 0.3) is 11.8 Å². The minimum atomic E-state index is -4.78. The lowest BCUT2D eigenvalue weighted by Gasteiger charge is -2.50. The van der Waals surface area contributed by atoms with Crippen molar-refractivity contribution in [1.82, 2.24) is 9.99 Å². The Bertz CT molecular complexity index is 2410. The van der Waals surface area contributed by atoms with Crippen LogP contribution < -0.4 is 10.3 Å². The smallest absolute Gasteiger partial charge is 0.417 e. The number of phenolic OH excluding ortho intramolecular Hbond substituents is 1. The largest absolute Gasteiger partial charge is 0.508 e. The predicted molar refractivity (Wildman–Crippen MR) is 193 cm³/mol. The van der Waals surface area contributed by atoms with E-state index in [4.69, 9.17) is 23.2 Å². The van der Waals surface area contributed by atoms with Crippen LogP contribution in [-0.2, 0) is 30.8 Å². The molecule has 3 aromatic carbocycles. The molecule has 3 fully saturated rings. The van der Waals surface area contributed by atoms with Crippen LogP contribution in [0.5, 0.6) is 11.5 Å². The first kappa shape index (κ1) is 37.0. The number of halogens is 5. The highest BCUT2D eigenvalue weighted by atomic mass is 35.5. The highest BCUT2D eigenvalue weighted by Crippen LogP contribution is 2.64. The second-order valence-electron chi connectivity index (χ2n) is 14.0. The van der Waals surface area contributed by atoms with Crippen LogP contribution in [0.25, 0.3) is 0 Å². The second kappa shape index (κ2) is 13.1. The number of pyridine rings is 1. The number of carbonyl (C=O) groups excluding carboxylic acids is 4. The summed E-state index contributed by atoms with van der Waals surface area (Å²) in [5.74, 6) is -10.5. The summed E-state index contributed by atoms with van der Waals surface area (Å²) in [7, 11) is 0. The number of imide groups is 2. The zero-order valence-corrected chi connectivity index (χ0v) is 30.0. The van der Waals surface area contributed by atoms with Crippen LogP contribution in [0.4, 0.5) is 24.7 Å². The molecule has 1 saturated carbocycles. The molecule has 0 radical (unpaired) electrons. The Morgan fingerprint density at radius 1 is 0.893 bits per heavy atom. The topological polar surface area (TPSA) is 177 Å². The van der Waals surface area contributed by atoms with Crippen molar-refractivity contribution >= 4 is 64.3 Å². The number of amides is 4. The number of benzene rings is 3. The number of nitrogens with zero attached hydrogens (tertiary/aromatic N) is 3. The SMILES string of the molecule is O=C(O)c1ccc(N2C(=O)C3CC=C4C(CC5C(=O)N(Nc6ncc(C(F)(F)F)cc6Cl)C(=O)C5(c5ccc(Cl)cc5)C4c4ccc(O)cc4)C3C2=O)cc1O. The van der Waals surface area contributed by atoms with Crippen molar-refractivity contribution in [3.63, 3.8) is 0 Å². The molecular formula is C39H27Cl2F3N4O8. The van der Waals surface area contributed by atoms with Gasteiger partial charge in [-0.3, -0.25) is 24.6 Å². The number of carboxylic acid groups (broad SMARTS) is 1. The van der Waals surface area contributed by atoms with Crippen LogP contribution in [-0.4, -0.2) is 54.9 Å². The molecule has 1 aromatic heterocycles. The maximum absolute atomic E-state index is 15.2.